The average Bonchev–Trinajstić information content (AvgIpc) is 2.80. The third-order valence-corrected chi connectivity index (χ3v) is 4.29. The van der Waals surface area contributed by atoms with Crippen LogP contribution in [0.3, 0.4) is 0 Å². The molecule has 1 aliphatic heterocycles. The summed E-state index contributed by atoms with van der Waals surface area (Å²) in [4.78, 5) is 16.4. The van der Waals surface area contributed by atoms with Crippen LogP contribution in [0.1, 0.15) is 9.67 Å². The zero-order chi connectivity index (χ0) is 14.5. The van der Waals surface area contributed by atoms with Crippen LogP contribution in [-0.2, 0) is 4.74 Å². The number of carbonyl (C=O) groups is 1. The third-order valence-electron chi connectivity index (χ3n) is 3.19. The fourth-order valence-electron chi connectivity index (χ4n) is 2.02. The number of hydrogen-bond donors (Lipinski definition) is 2. The van der Waals surface area contributed by atoms with E-state index in [1.165, 1.54) is 11.3 Å². The van der Waals surface area contributed by atoms with Crippen LogP contribution in [0.5, 0.6) is 0 Å². The van der Waals surface area contributed by atoms with E-state index in [1.54, 1.807) is 19.0 Å². The first-order chi connectivity index (χ1) is 9.58. The Balaban J connectivity index is 1.84. The summed E-state index contributed by atoms with van der Waals surface area (Å²) in [7, 11) is 3.46. The minimum atomic E-state index is -0.0475. The molecule has 1 fully saturated rings. The number of anilines is 2. The lowest BCUT2D eigenvalue weighted by Gasteiger charge is -2.26. The minimum absolute atomic E-state index is 0.0475. The number of nitrogen functional groups attached to an aromatic ring is 1. The standard InChI is InChI=1S/C13H22N4O2S/c1-16(2)13(18)12-10(14)9-11(20-12)15-3-4-17-5-7-19-8-6-17/h9,15H,3-8,14H2,1-2H3. The van der Waals surface area contributed by atoms with Gasteiger partial charge in [-0.15, -0.1) is 11.3 Å². The number of ether oxygens (including phenoxy) is 1. The van der Waals surface area contributed by atoms with E-state index in [0.717, 1.165) is 44.4 Å². The number of morpholine rings is 1. The molecular formula is C13H22N4O2S. The van der Waals surface area contributed by atoms with Crippen molar-refractivity contribution >= 4 is 27.9 Å². The zero-order valence-electron chi connectivity index (χ0n) is 12.0. The van der Waals surface area contributed by atoms with Gasteiger partial charge in [-0.05, 0) is 6.07 Å². The summed E-state index contributed by atoms with van der Waals surface area (Å²) in [5.41, 5.74) is 6.43. The number of nitrogens with one attached hydrogen (secondary N) is 1. The van der Waals surface area contributed by atoms with Gasteiger partial charge in [-0.25, -0.2) is 0 Å². The van der Waals surface area contributed by atoms with Crippen LogP contribution in [0.2, 0.25) is 0 Å². The lowest BCUT2D eigenvalue weighted by molar-refractivity contribution is 0.0398. The van der Waals surface area contributed by atoms with E-state index in [9.17, 15) is 4.79 Å². The Kier molecular flexibility index (Phi) is 5.22. The quantitative estimate of drug-likeness (QED) is 0.840. The highest BCUT2D eigenvalue weighted by Crippen LogP contribution is 2.29. The topological polar surface area (TPSA) is 70.8 Å². The molecule has 2 heterocycles. The Bertz CT molecular complexity index is 455. The molecule has 0 radical (unpaired) electrons. The normalized spacial score (nSPS) is 16.1. The molecule has 1 aromatic rings. The summed E-state index contributed by atoms with van der Waals surface area (Å²) in [6, 6.07) is 1.83. The van der Waals surface area contributed by atoms with Crippen molar-refractivity contribution in [3.63, 3.8) is 0 Å². The molecule has 1 aromatic heterocycles. The molecule has 3 N–H and O–H groups in total. The Morgan fingerprint density at radius 3 is 2.85 bits per heavy atom. The summed E-state index contributed by atoms with van der Waals surface area (Å²) in [6.45, 7) is 5.41. The van der Waals surface area contributed by atoms with Gasteiger partial charge >= 0.3 is 0 Å². The first-order valence-corrected chi connectivity index (χ1v) is 7.54. The second kappa shape index (κ2) is 6.92. The van der Waals surface area contributed by atoms with Gasteiger partial charge in [-0.1, -0.05) is 0 Å². The van der Waals surface area contributed by atoms with Crippen molar-refractivity contribution in [3.05, 3.63) is 10.9 Å². The van der Waals surface area contributed by atoms with Gasteiger partial charge in [0.2, 0.25) is 0 Å². The van der Waals surface area contributed by atoms with Gasteiger partial charge in [0.05, 0.1) is 23.9 Å². The predicted octanol–water partition coefficient (Wildman–Crippen LogP) is 0.776. The molecule has 0 spiro atoms. The van der Waals surface area contributed by atoms with E-state index in [2.05, 4.69) is 10.2 Å². The second-order valence-corrected chi connectivity index (χ2v) is 6.03. The van der Waals surface area contributed by atoms with E-state index in [0.29, 0.717) is 10.6 Å². The van der Waals surface area contributed by atoms with Crippen LogP contribution in [-0.4, -0.2) is 69.2 Å². The van der Waals surface area contributed by atoms with E-state index in [1.807, 2.05) is 6.07 Å². The number of nitrogens with two attached hydrogens (primary N) is 1. The minimum Gasteiger partial charge on any atom is -0.397 e. The van der Waals surface area contributed by atoms with E-state index < -0.39 is 0 Å². The molecule has 0 aliphatic carbocycles. The Morgan fingerprint density at radius 1 is 1.50 bits per heavy atom. The number of thiophene rings is 1. The molecule has 112 valence electrons. The molecule has 0 unspecified atom stereocenters. The second-order valence-electron chi connectivity index (χ2n) is 4.98. The molecule has 0 bridgehead atoms. The fourth-order valence-corrected chi connectivity index (χ4v) is 3.05. The Morgan fingerprint density at radius 2 is 2.20 bits per heavy atom. The SMILES string of the molecule is CN(C)C(=O)c1sc(NCCN2CCOCC2)cc1N. The maximum Gasteiger partial charge on any atom is 0.265 e. The highest BCUT2D eigenvalue weighted by atomic mass is 32.1. The van der Waals surface area contributed by atoms with Crippen molar-refractivity contribution in [2.45, 2.75) is 0 Å². The molecule has 1 saturated heterocycles. The van der Waals surface area contributed by atoms with E-state index in [-0.39, 0.29) is 5.91 Å². The van der Waals surface area contributed by atoms with Gasteiger partial charge in [0.25, 0.3) is 5.91 Å². The largest absolute Gasteiger partial charge is 0.397 e. The highest BCUT2D eigenvalue weighted by molar-refractivity contribution is 7.18. The molecule has 7 heteroatoms. The molecular weight excluding hydrogens is 276 g/mol. The first kappa shape index (κ1) is 15.1. The van der Waals surface area contributed by atoms with Gasteiger partial charge in [0.1, 0.15) is 4.88 Å². The summed E-state index contributed by atoms with van der Waals surface area (Å²) in [5.74, 6) is -0.0475. The number of rotatable bonds is 5. The zero-order valence-corrected chi connectivity index (χ0v) is 12.8. The van der Waals surface area contributed by atoms with Crippen LogP contribution >= 0.6 is 11.3 Å². The summed E-state index contributed by atoms with van der Waals surface area (Å²) < 4.78 is 5.31. The monoisotopic (exact) mass is 298 g/mol. The van der Waals surface area contributed by atoms with Crippen molar-refractivity contribution in [1.29, 1.82) is 0 Å². The average molecular weight is 298 g/mol. The third kappa shape index (κ3) is 3.84. The van der Waals surface area contributed by atoms with Gasteiger partial charge in [0, 0.05) is 40.3 Å². The van der Waals surface area contributed by atoms with Crippen molar-refractivity contribution < 1.29 is 9.53 Å². The van der Waals surface area contributed by atoms with Crippen LogP contribution in [0.4, 0.5) is 10.7 Å². The van der Waals surface area contributed by atoms with Crippen LogP contribution < -0.4 is 11.1 Å². The molecule has 0 atom stereocenters. The lowest BCUT2D eigenvalue weighted by atomic mass is 10.3. The Labute approximate surface area is 123 Å². The van der Waals surface area contributed by atoms with Crippen molar-refractivity contribution in [3.8, 4) is 0 Å². The van der Waals surface area contributed by atoms with Crippen molar-refractivity contribution in [2.24, 2.45) is 0 Å². The maximum atomic E-state index is 11.9. The van der Waals surface area contributed by atoms with Gasteiger partial charge in [0.15, 0.2) is 0 Å². The van der Waals surface area contributed by atoms with Crippen LogP contribution in [0.15, 0.2) is 6.07 Å². The highest BCUT2D eigenvalue weighted by Gasteiger charge is 2.16. The molecule has 1 amide bonds. The maximum absolute atomic E-state index is 11.9. The number of nitrogens with zero attached hydrogens (tertiary/aromatic N) is 2. The van der Waals surface area contributed by atoms with Gasteiger partial charge in [-0.3, -0.25) is 9.69 Å². The summed E-state index contributed by atoms with van der Waals surface area (Å²) in [5, 5.41) is 4.28. The predicted molar refractivity (Wildman–Crippen MR) is 82.5 cm³/mol. The smallest absolute Gasteiger partial charge is 0.265 e. The summed E-state index contributed by atoms with van der Waals surface area (Å²) in [6.07, 6.45) is 0. The Hall–Kier alpha value is -1.31. The molecule has 0 aromatic carbocycles. The molecule has 2 rings (SSSR count). The van der Waals surface area contributed by atoms with Crippen molar-refractivity contribution in [2.75, 3.05) is 64.5 Å². The number of amides is 1. The molecule has 20 heavy (non-hydrogen) atoms. The number of carbonyl (C=O) groups excluding carboxylic acids is 1. The number of hydrogen-bond acceptors (Lipinski definition) is 6. The first-order valence-electron chi connectivity index (χ1n) is 6.73. The van der Waals surface area contributed by atoms with Crippen LogP contribution in [0, 0.1) is 0 Å². The lowest BCUT2D eigenvalue weighted by Crippen LogP contribution is -2.38. The van der Waals surface area contributed by atoms with Gasteiger partial charge in [-0.2, -0.15) is 0 Å². The van der Waals surface area contributed by atoms with Gasteiger partial charge < -0.3 is 20.7 Å². The van der Waals surface area contributed by atoms with Crippen molar-refractivity contribution in [1.82, 2.24) is 9.80 Å². The molecule has 6 nitrogen and oxygen atoms in total. The summed E-state index contributed by atoms with van der Waals surface area (Å²) >= 11 is 1.41. The van der Waals surface area contributed by atoms with E-state index in [4.69, 9.17) is 10.5 Å². The molecule has 1 aliphatic rings. The van der Waals surface area contributed by atoms with E-state index >= 15 is 0 Å². The fraction of sp³-hybridized carbons (Fsp3) is 0.615. The van der Waals surface area contributed by atoms with Crippen LogP contribution in [0.25, 0.3) is 0 Å². The molecule has 0 saturated carbocycles.